The smallest absolute Gasteiger partial charge is 0.220 e. The molecule has 4 bridgehead atoms. The SMILES string of the molecule is Cn1c(NC23CC4CC(CC(C4)C2)C3)nc(/C=c2\ccc3c(c2)C=NN=3)c1O. The molecule has 5 aliphatic rings. The number of hydrogen-bond acceptors (Lipinski definition) is 5. The maximum absolute atomic E-state index is 10.7. The fourth-order valence-corrected chi connectivity index (χ4v) is 6.39. The Balaban J connectivity index is 1.34. The molecule has 4 saturated carbocycles. The van der Waals surface area contributed by atoms with Crippen molar-refractivity contribution in [1.29, 1.82) is 0 Å². The Hall–Kier alpha value is -2.63. The summed E-state index contributed by atoms with van der Waals surface area (Å²) in [6.07, 6.45) is 11.7. The van der Waals surface area contributed by atoms with E-state index in [9.17, 15) is 5.11 Å². The molecule has 0 spiro atoms. The summed E-state index contributed by atoms with van der Waals surface area (Å²) in [5.74, 6) is 3.60. The van der Waals surface area contributed by atoms with Gasteiger partial charge in [-0.05, 0) is 79.7 Å². The first kappa shape index (κ1) is 16.3. The third-order valence-electron chi connectivity index (χ3n) is 7.22. The fourth-order valence-electron chi connectivity index (χ4n) is 6.39. The monoisotopic (exact) mass is 375 g/mol. The van der Waals surface area contributed by atoms with Gasteiger partial charge in [-0.25, -0.2) is 4.98 Å². The van der Waals surface area contributed by atoms with Gasteiger partial charge in [0.1, 0.15) is 5.69 Å². The van der Waals surface area contributed by atoms with Gasteiger partial charge in [-0.3, -0.25) is 4.57 Å². The molecule has 0 amide bonds. The van der Waals surface area contributed by atoms with E-state index < -0.39 is 0 Å². The minimum Gasteiger partial charge on any atom is -0.493 e. The van der Waals surface area contributed by atoms with Crippen LogP contribution in [-0.4, -0.2) is 26.4 Å². The first-order chi connectivity index (χ1) is 13.6. The number of rotatable bonds is 3. The molecule has 2 heterocycles. The van der Waals surface area contributed by atoms with E-state index in [1.807, 2.05) is 31.3 Å². The topological polar surface area (TPSA) is 74.8 Å². The summed E-state index contributed by atoms with van der Waals surface area (Å²) in [4.78, 5) is 4.76. The highest BCUT2D eigenvalue weighted by Gasteiger charge is 2.51. The molecule has 144 valence electrons. The zero-order valence-electron chi connectivity index (χ0n) is 16.1. The van der Waals surface area contributed by atoms with Crippen molar-refractivity contribution in [3.63, 3.8) is 0 Å². The molecule has 4 fully saturated rings. The largest absolute Gasteiger partial charge is 0.493 e. The van der Waals surface area contributed by atoms with Gasteiger partial charge < -0.3 is 10.4 Å². The highest BCUT2D eigenvalue weighted by atomic mass is 16.3. The van der Waals surface area contributed by atoms with E-state index in [0.717, 1.165) is 39.8 Å². The number of aromatic hydroxyl groups is 1. The summed E-state index contributed by atoms with van der Waals surface area (Å²) in [5.41, 5.74) is 1.76. The number of nitrogens with zero attached hydrogens (tertiary/aromatic N) is 4. The number of nitrogens with one attached hydrogen (secondary N) is 1. The van der Waals surface area contributed by atoms with E-state index in [2.05, 4.69) is 15.5 Å². The lowest BCUT2D eigenvalue weighted by molar-refractivity contribution is 0.0102. The molecule has 7 rings (SSSR count). The Morgan fingerprint density at radius 1 is 1.14 bits per heavy atom. The molecular formula is C22H25N5O. The molecule has 1 aliphatic heterocycles. The molecule has 1 aromatic heterocycles. The predicted octanol–water partition coefficient (Wildman–Crippen LogP) is 2.30. The van der Waals surface area contributed by atoms with Crippen molar-refractivity contribution in [2.45, 2.75) is 44.1 Å². The third kappa shape index (κ3) is 2.50. The molecule has 6 heteroatoms. The van der Waals surface area contributed by atoms with E-state index in [-0.39, 0.29) is 11.4 Å². The zero-order valence-corrected chi connectivity index (χ0v) is 16.1. The van der Waals surface area contributed by atoms with Crippen molar-refractivity contribution in [2.24, 2.45) is 35.0 Å². The van der Waals surface area contributed by atoms with E-state index in [4.69, 9.17) is 4.98 Å². The molecule has 0 radical (unpaired) electrons. The molecular weight excluding hydrogens is 350 g/mol. The summed E-state index contributed by atoms with van der Waals surface area (Å²) < 4.78 is 1.79. The molecule has 1 aromatic carbocycles. The van der Waals surface area contributed by atoms with E-state index in [1.54, 1.807) is 10.8 Å². The zero-order chi connectivity index (χ0) is 18.9. The van der Waals surface area contributed by atoms with Gasteiger partial charge in [-0.15, -0.1) is 0 Å². The molecule has 0 saturated heterocycles. The van der Waals surface area contributed by atoms with Crippen molar-refractivity contribution in [2.75, 3.05) is 5.32 Å². The van der Waals surface area contributed by atoms with Crippen LogP contribution in [0.25, 0.3) is 6.08 Å². The quantitative estimate of drug-likeness (QED) is 0.864. The van der Waals surface area contributed by atoms with Crippen LogP contribution in [0.3, 0.4) is 0 Å². The van der Waals surface area contributed by atoms with Gasteiger partial charge in [-0.2, -0.15) is 10.2 Å². The minimum atomic E-state index is 0.170. The van der Waals surface area contributed by atoms with Gasteiger partial charge in [0.05, 0.1) is 11.6 Å². The average molecular weight is 375 g/mol. The number of aromatic nitrogens is 2. The van der Waals surface area contributed by atoms with E-state index in [1.165, 1.54) is 38.5 Å². The highest BCUT2D eigenvalue weighted by Crippen LogP contribution is 2.56. The van der Waals surface area contributed by atoms with Crippen LogP contribution in [0.5, 0.6) is 5.88 Å². The number of imidazole rings is 1. The van der Waals surface area contributed by atoms with E-state index in [0.29, 0.717) is 5.69 Å². The van der Waals surface area contributed by atoms with Gasteiger partial charge in [0.25, 0.3) is 0 Å². The normalized spacial score (nSPS) is 32.6. The van der Waals surface area contributed by atoms with Gasteiger partial charge in [-0.1, -0.05) is 6.07 Å². The lowest BCUT2D eigenvalue weighted by Crippen LogP contribution is -2.55. The maximum Gasteiger partial charge on any atom is 0.220 e. The summed E-state index contributed by atoms with van der Waals surface area (Å²) >= 11 is 0. The summed E-state index contributed by atoms with van der Waals surface area (Å²) in [5, 5.41) is 24.3. The average Bonchev–Trinajstić information content (AvgIpc) is 3.21. The molecule has 28 heavy (non-hydrogen) atoms. The van der Waals surface area contributed by atoms with E-state index >= 15 is 0 Å². The van der Waals surface area contributed by atoms with Crippen molar-refractivity contribution in [3.05, 3.63) is 40.0 Å². The highest BCUT2D eigenvalue weighted by molar-refractivity contribution is 5.80. The Labute approximate surface area is 163 Å². The fraction of sp³-hybridized carbons (Fsp3) is 0.500. The Morgan fingerprint density at radius 2 is 1.86 bits per heavy atom. The number of benzene rings is 1. The van der Waals surface area contributed by atoms with Crippen LogP contribution in [0.15, 0.2) is 28.4 Å². The van der Waals surface area contributed by atoms with Crippen molar-refractivity contribution >= 4 is 18.2 Å². The van der Waals surface area contributed by atoms with Gasteiger partial charge in [0.15, 0.2) is 0 Å². The van der Waals surface area contributed by atoms with Crippen molar-refractivity contribution < 1.29 is 5.11 Å². The minimum absolute atomic E-state index is 0.170. The second kappa shape index (κ2) is 5.69. The Morgan fingerprint density at radius 3 is 2.57 bits per heavy atom. The number of anilines is 1. The van der Waals surface area contributed by atoms with Gasteiger partial charge >= 0.3 is 0 Å². The standard InChI is InChI=1S/C22H25N5O/c1-27-20(28)19(8-13-2-3-18-17(7-13)12-23-26-18)24-21(27)25-22-9-14-4-15(10-22)6-16(5-14)11-22/h2-3,7-8,12,14-16,28H,4-6,9-11H2,1H3,(H,24,25)/b13-8+. The van der Waals surface area contributed by atoms with Crippen LogP contribution in [0.4, 0.5) is 5.95 Å². The third-order valence-corrected chi connectivity index (χ3v) is 7.22. The lowest BCUT2D eigenvalue weighted by atomic mass is 9.53. The van der Waals surface area contributed by atoms with Gasteiger partial charge in [0, 0.05) is 18.2 Å². The Kier molecular flexibility index (Phi) is 3.32. The van der Waals surface area contributed by atoms with Crippen LogP contribution in [0, 0.1) is 17.8 Å². The van der Waals surface area contributed by atoms with Crippen LogP contribution in [0.1, 0.15) is 49.8 Å². The lowest BCUT2D eigenvalue weighted by Gasteiger charge is -2.57. The first-order valence-corrected chi connectivity index (χ1v) is 10.3. The predicted molar refractivity (Wildman–Crippen MR) is 108 cm³/mol. The summed E-state index contributed by atoms with van der Waals surface area (Å²) in [7, 11) is 1.89. The molecule has 6 nitrogen and oxygen atoms in total. The number of hydrogen-bond donors (Lipinski definition) is 2. The molecule has 4 aliphatic carbocycles. The maximum atomic E-state index is 10.7. The first-order valence-electron chi connectivity index (χ1n) is 10.3. The van der Waals surface area contributed by atoms with Crippen LogP contribution < -0.4 is 15.9 Å². The van der Waals surface area contributed by atoms with Crippen LogP contribution >= 0.6 is 0 Å². The second-order valence-electron chi connectivity index (χ2n) is 9.33. The Bertz CT molecular complexity index is 1080. The summed E-state index contributed by atoms with van der Waals surface area (Å²) in [6.45, 7) is 0. The molecule has 0 atom stereocenters. The van der Waals surface area contributed by atoms with Gasteiger partial charge in [0.2, 0.25) is 11.8 Å². The number of fused-ring (bicyclic) bond motifs is 1. The van der Waals surface area contributed by atoms with Crippen LogP contribution in [0.2, 0.25) is 0 Å². The van der Waals surface area contributed by atoms with Crippen molar-refractivity contribution in [3.8, 4) is 5.88 Å². The second-order valence-corrected chi connectivity index (χ2v) is 9.33. The molecule has 2 aromatic rings. The molecule has 2 N–H and O–H groups in total. The van der Waals surface area contributed by atoms with Crippen molar-refractivity contribution in [1.82, 2.24) is 9.55 Å². The summed E-state index contributed by atoms with van der Waals surface area (Å²) in [6, 6.07) is 5.95. The molecule has 0 unspecified atom stereocenters. The van der Waals surface area contributed by atoms with Crippen LogP contribution in [-0.2, 0) is 7.05 Å².